The summed E-state index contributed by atoms with van der Waals surface area (Å²) in [5.41, 5.74) is 19.2. The van der Waals surface area contributed by atoms with E-state index < -0.39 is 8.07 Å². The zero-order chi connectivity index (χ0) is 47.0. The topological polar surface area (TPSA) is 0 Å². The predicted octanol–water partition coefficient (Wildman–Crippen LogP) is 4.79. The van der Waals surface area contributed by atoms with Crippen molar-refractivity contribution < 1.29 is 57.7 Å². The first-order chi connectivity index (χ1) is 33.8. The third-order valence-electron chi connectivity index (χ3n) is 14.0. The second kappa shape index (κ2) is 25.3. The molecular weight excluding hydrogens is 987 g/mol. The van der Waals surface area contributed by atoms with Crippen LogP contribution in [0.4, 0.5) is 0 Å². The van der Waals surface area contributed by atoms with Gasteiger partial charge in [0.05, 0.1) is 0 Å². The monoisotopic (exact) mass is 1040 g/mol. The maximum absolute atomic E-state index is 3.23. The molecule has 0 saturated carbocycles. The molecule has 10 rings (SSSR count). The third-order valence-corrected chi connectivity index (χ3v) is 19.9. The van der Waals surface area contributed by atoms with Crippen LogP contribution in [0.5, 0.6) is 0 Å². The van der Waals surface area contributed by atoms with Crippen LogP contribution in [0.25, 0.3) is 0 Å². The summed E-state index contributed by atoms with van der Waals surface area (Å²) in [5.74, 6) is 0. The molecule has 356 valence electrons. The summed E-state index contributed by atoms with van der Waals surface area (Å²) < 4.78 is 1.49. The van der Waals surface area contributed by atoms with E-state index in [-0.39, 0.29) is 37.2 Å². The maximum atomic E-state index is 2.65. The van der Waals surface area contributed by atoms with Crippen LogP contribution in [-0.2, 0) is 59.0 Å². The Hall–Kier alpha value is -5.74. The van der Waals surface area contributed by atoms with Crippen LogP contribution in [0.15, 0.2) is 257 Å². The molecule has 0 unspecified atom stereocenters. The van der Waals surface area contributed by atoms with E-state index in [4.69, 9.17) is 0 Å². The van der Waals surface area contributed by atoms with Gasteiger partial charge in [0.2, 0.25) is 0 Å². The second-order valence-electron chi connectivity index (χ2n) is 19.3. The first kappa shape index (κ1) is 54.0. The Bertz CT molecular complexity index is 2750. The van der Waals surface area contributed by atoms with Gasteiger partial charge in [-0.15, -0.1) is 0 Å². The van der Waals surface area contributed by atoms with Gasteiger partial charge in [0.25, 0.3) is 0 Å². The van der Waals surface area contributed by atoms with Gasteiger partial charge in [-0.1, -0.05) is 0 Å². The van der Waals surface area contributed by atoms with Crippen LogP contribution in [0.3, 0.4) is 0 Å². The number of hydrogen-bond acceptors (Lipinski definition) is 0. The fourth-order valence-corrected chi connectivity index (χ4v) is 17.6. The average Bonchev–Trinajstić information content (AvgIpc) is 3.62. The minimum atomic E-state index is -3.23. The fourth-order valence-electron chi connectivity index (χ4n) is 11.0. The zero-order valence-electron chi connectivity index (χ0n) is 41.1. The summed E-state index contributed by atoms with van der Waals surface area (Å²) in [6.45, 7) is 4.90. The fraction of sp³-hybridized carbons (Fsp3) is 0.134. The summed E-state index contributed by atoms with van der Waals surface area (Å²) in [6.07, 6.45) is 6.21. The number of halogens is 3. The van der Waals surface area contributed by atoms with Gasteiger partial charge < -0.3 is 37.2 Å². The van der Waals surface area contributed by atoms with Crippen LogP contribution < -0.4 is 52.8 Å². The molecule has 0 heterocycles. The molecule has 0 spiro atoms. The van der Waals surface area contributed by atoms with Crippen LogP contribution in [0, 0.1) is 0 Å². The van der Waals surface area contributed by atoms with Crippen molar-refractivity contribution in [1.29, 1.82) is 0 Å². The van der Waals surface area contributed by atoms with Crippen molar-refractivity contribution in [2.45, 2.75) is 58.8 Å². The predicted molar refractivity (Wildman–Crippen MR) is 289 cm³/mol. The standard InChI is InChI=1S/C67H59Si.3ClH.Ti/c1-50-33-34-51(2)67(50)68(64-44-58(35-52-21-9-3-10-22-52)41-59(45-64)36-53-23-11-4-12-24-53,65-46-60(37-54-25-13-5-14-26-54)42-61(47-65)38-55-27-15-6-16-28-55)66-48-62(39-56-29-17-7-18-30-56)43-63(49-66)40-57-31-19-8-20-32-57;;;;/h3-32,41-49H,33,35-40H2,1-2H3;3*1H;/q;;;;+3/p-3. The summed E-state index contributed by atoms with van der Waals surface area (Å²) in [4.78, 5) is 0. The van der Waals surface area contributed by atoms with Crippen molar-refractivity contribution in [2.75, 3.05) is 0 Å². The molecule has 72 heavy (non-hydrogen) atoms. The minimum absolute atomic E-state index is 0. The molecule has 0 radical (unpaired) electrons. The molecule has 0 atom stereocenters. The molecule has 5 heteroatoms. The minimum Gasteiger partial charge on any atom is -1.00 e. The van der Waals surface area contributed by atoms with E-state index in [0.29, 0.717) is 0 Å². The van der Waals surface area contributed by atoms with E-state index in [0.717, 1.165) is 44.9 Å². The Morgan fingerprint density at radius 3 is 0.694 bits per heavy atom. The smallest absolute Gasteiger partial charge is 1.00 e. The molecular formula is C67H59Cl3SiTi. The molecule has 0 aromatic heterocycles. The van der Waals surface area contributed by atoms with E-state index in [1.54, 1.807) is 5.20 Å². The van der Waals surface area contributed by atoms with Gasteiger partial charge in [-0.05, 0) is 0 Å². The number of benzene rings is 9. The molecule has 9 aromatic rings. The molecule has 0 saturated heterocycles. The molecule has 0 fully saturated rings. The summed E-state index contributed by atoms with van der Waals surface area (Å²) in [6, 6.07) is 90.0. The van der Waals surface area contributed by atoms with E-state index in [9.17, 15) is 0 Å². The van der Waals surface area contributed by atoms with E-state index in [2.05, 4.69) is 271 Å². The SMILES string of the molecule is CC1=C([Si](c2cc(Cc3ccccc3)cc(Cc3ccccc3)c2)(c2cc(Cc3ccccc3)cc(Cc3ccccc3)c2)c2cc(Cc3ccccc3)cc(Cc3ccccc3)c2)C(C)=[C]([Ti+3])C1.[Cl-].[Cl-].[Cl-]. The Morgan fingerprint density at radius 2 is 0.514 bits per heavy atom. The van der Waals surface area contributed by atoms with Gasteiger partial charge in [-0.25, -0.2) is 0 Å². The van der Waals surface area contributed by atoms with Gasteiger partial charge in [0.1, 0.15) is 0 Å². The van der Waals surface area contributed by atoms with Gasteiger partial charge in [-0.3, -0.25) is 0 Å². The van der Waals surface area contributed by atoms with E-state index in [1.165, 1.54) is 97.3 Å². The maximum Gasteiger partial charge on any atom is -1.00 e. The van der Waals surface area contributed by atoms with Gasteiger partial charge >= 0.3 is 426 Å². The molecule has 9 aromatic carbocycles. The van der Waals surface area contributed by atoms with E-state index >= 15 is 0 Å². The molecule has 0 bridgehead atoms. The Labute approximate surface area is 460 Å². The number of hydrogen-bond donors (Lipinski definition) is 0. The van der Waals surface area contributed by atoms with Gasteiger partial charge in [-0.2, -0.15) is 0 Å². The van der Waals surface area contributed by atoms with Crippen molar-refractivity contribution in [1.82, 2.24) is 0 Å². The molecule has 0 aliphatic heterocycles. The van der Waals surface area contributed by atoms with Crippen LogP contribution >= 0.6 is 0 Å². The van der Waals surface area contributed by atoms with Crippen molar-refractivity contribution in [3.05, 3.63) is 324 Å². The zero-order valence-corrected chi connectivity index (χ0v) is 45.9. The van der Waals surface area contributed by atoms with Crippen molar-refractivity contribution in [3.63, 3.8) is 0 Å². The summed E-state index contributed by atoms with van der Waals surface area (Å²) >= 11 is 2.39. The molecule has 0 nitrogen and oxygen atoms in total. The van der Waals surface area contributed by atoms with Crippen LogP contribution in [0.1, 0.15) is 87.0 Å². The second-order valence-corrected chi connectivity index (χ2v) is 23.9. The number of allylic oxidation sites excluding steroid dienone is 4. The van der Waals surface area contributed by atoms with Crippen molar-refractivity contribution >= 4 is 23.6 Å². The van der Waals surface area contributed by atoms with E-state index in [1.807, 2.05) is 0 Å². The number of rotatable bonds is 16. The quantitative estimate of drug-likeness (QED) is 0.0967. The first-order valence-electron chi connectivity index (χ1n) is 24.6. The van der Waals surface area contributed by atoms with Crippen LogP contribution in [-0.4, -0.2) is 8.07 Å². The molecule has 0 N–H and O–H groups in total. The summed E-state index contributed by atoms with van der Waals surface area (Å²) in [7, 11) is -3.23. The average molecular weight is 1050 g/mol. The Balaban J connectivity index is 0.00000253. The largest absolute Gasteiger partial charge is 1.00 e. The van der Waals surface area contributed by atoms with Gasteiger partial charge in [0.15, 0.2) is 0 Å². The normalized spacial score (nSPS) is 12.2. The molecule has 1 aliphatic rings. The molecule has 1 aliphatic carbocycles. The van der Waals surface area contributed by atoms with Crippen molar-refractivity contribution in [3.8, 4) is 0 Å². The first-order valence-corrected chi connectivity index (χ1v) is 27.4. The molecule has 0 amide bonds. The van der Waals surface area contributed by atoms with Crippen LogP contribution in [0.2, 0.25) is 0 Å². The van der Waals surface area contributed by atoms with Crippen molar-refractivity contribution in [2.24, 2.45) is 0 Å². The summed E-state index contributed by atoms with van der Waals surface area (Å²) in [5, 5.41) is 5.98. The Morgan fingerprint density at radius 1 is 0.306 bits per heavy atom. The Kier molecular flexibility index (Phi) is 19.0. The van der Waals surface area contributed by atoms with Gasteiger partial charge in [0, 0.05) is 0 Å². The third kappa shape index (κ3) is 12.7.